The predicted molar refractivity (Wildman–Crippen MR) is 89.3 cm³/mol. The van der Waals surface area contributed by atoms with Crippen molar-refractivity contribution in [2.75, 3.05) is 12.4 Å². The van der Waals surface area contributed by atoms with Crippen LogP contribution in [0.5, 0.6) is 0 Å². The van der Waals surface area contributed by atoms with Crippen molar-refractivity contribution in [3.05, 3.63) is 78.1 Å². The molecule has 3 aromatic rings. The first-order valence-corrected chi connectivity index (χ1v) is 7.28. The lowest BCUT2D eigenvalue weighted by Gasteiger charge is -2.12. The Morgan fingerprint density at radius 3 is 2.54 bits per heavy atom. The summed E-state index contributed by atoms with van der Waals surface area (Å²) < 4.78 is 6.30. The van der Waals surface area contributed by atoms with Gasteiger partial charge < -0.3 is 10.1 Å². The molecule has 0 saturated heterocycles. The zero-order valence-corrected chi connectivity index (χ0v) is 13.0. The van der Waals surface area contributed by atoms with Gasteiger partial charge in [-0.15, -0.1) is 0 Å². The summed E-state index contributed by atoms with van der Waals surface area (Å²) in [6, 6.07) is 15.6. The fraction of sp³-hybridized carbons (Fsp3) is 0.0556. The van der Waals surface area contributed by atoms with Gasteiger partial charge >= 0.3 is 5.97 Å². The first-order valence-electron chi connectivity index (χ1n) is 7.28. The Hall–Kier alpha value is -3.41. The summed E-state index contributed by atoms with van der Waals surface area (Å²) in [7, 11) is 1.30. The van der Waals surface area contributed by atoms with Crippen molar-refractivity contribution in [1.82, 2.24) is 9.78 Å². The zero-order chi connectivity index (χ0) is 16.9. The fourth-order valence-electron chi connectivity index (χ4n) is 2.29. The zero-order valence-electron chi connectivity index (χ0n) is 13.0. The molecule has 0 aliphatic rings. The van der Waals surface area contributed by atoms with Gasteiger partial charge in [-0.25, -0.2) is 9.48 Å². The van der Waals surface area contributed by atoms with Gasteiger partial charge in [-0.3, -0.25) is 4.79 Å². The number of para-hydroxylation sites is 1. The lowest BCUT2D eigenvalue weighted by molar-refractivity contribution is 0.0600. The Labute approximate surface area is 138 Å². The maximum atomic E-state index is 12.7. The molecule has 0 spiro atoms. The quantitative estimate of drug-likeness (QED) is 0.750. The van der Waals surface area contributed by atoms with Crippen LogP contribution in [0.4, 0.5) is 5.69 Å². The molecule has 6 heteroatoms. The molecule has 0 atom stereocenters. The van der Waals surface area contributed by atoms with Crippen LogP contribution in [0.2, 0.25) is 0 Å². The number of amides is 1. The second-order valence-electron chi connectivity index (χ2n) is 4.99. The van der Waals surface area contributed by atoms with Crippen LogP contribution in [-0.4, -0.2) is 28.8 Å². The number of ether oxygens (including phenoxy) is 1. The number of nitrogens with one attached hydrogen (secondary N) is 1. The van der Waals surface area contributed by atoms with E-state index in [1.54, 1.807) is 47.4 Å². The minimum absolute atomic E-state index is 0.298. The van der Waals surface area contributed by atoms with Crippen molar-refractivity contribution < 1.29 is 14.3 Å². The number of carbonyl (C=O) groups is 2. The third-order valence-corrected chi connectivity index (χ3v) is 3.45. The number of aromatic nitrogens is 2. The Balaban J connectivity index is 2.02. The molecular formula is C18H15N3O3. The van der Waals surface area contributed by atoms with Crippen LogP contribution >= 0.6 is 0 Å². The van der Waals surface area contributed by atoms with E-state index in [9.17, 15) is 9.59 Å². The van der Waals surface area contributed by atoms with Crippen molar-refractivity contribution in [2.45, 2.75) is 0 Å². The van der Waals surface area contributed by atoms with Gasteiger partial charge in [0.2, 0.25) is 0 Å². The van der Waals surface area contributed by atoms with E-state index in [4.69, 9.17) is 4.74 Å². The molecule has 1 aromatic heterocycles. The topological polar surface area (TPSA) is 73.2 Å². The maximum Gasteiger partial charge on any atom is 0.337 e. The van der Waals surface area contributed by atoms with Crippen molar-refractivity contribution in [3.8, 4) is 5.69 Å². The smallest absolute Gasteiger partial charge is 0.337 e. The third-order valence-electron chi connectivity index (χ3n) is 3.45. The molecular weight excluding hydrogens is 306 g/mol. The van der Waals surface area contributed by atoms with Crippen LogP contribution in [0.1, 0.15) is 20.7 Å². The van der Waals surface area contributed by atoms with E-state index in [1.165, 1.54) is 13.2 Å². The largest absolute Gasteiger partial charge is 0.465 e. The first-order chi connectivity index (χ1) is 11.7. The van der Waals surface area contributed by atoms with Gasteiger partial charge in [0, 0.05) is 18.1 Å². The average Bonchev–Trinajstić information content (AvgIpc) is 3.16. The first kappa shape index (κ1) is 15.5. The number of esters is 1. The number of benzene rings is 2. The number of carbonyl (C=O) groups excluding carboxylic acids is 2. The van der Waals surface area contributed by atoms with Crippen molar-refractivity contribution in [3.63, 3.8) is 0 Å². The number of anilines is 1. The minimum Gasteiger partial charge on any atom is -0.465 e. The van der Waals surface area contributed by atoms with Crippen LogP contribution < -0.4 is 5.32 Å². The summed E-state index contributed by atoms with van der Waals surface area (Å²) >= 11 is 0. The second kappa shape index (κ2) is 6.78. The summed E-state index contributed by atoms with van der Waals surface area (Å²) in [5, 5.41) is 6.96. The fourth-order valence-corrected chi connectivity index (χ4v) is 2.29. The third kappa shape index (κ3) is 3.17. The molecule has 24 heavy (non-hydrogen) atoms. The molecule has 0 bridgehead atoms. The summed E-state index contributed by atoms with van der Waals surface area (Å²) in [4.78, 5) is 24.5. The van der Waals surface area contributed by atoms with Gasteiger partial charge in [0.15, 0.2) is 0 Å². The predicted octanol–water partition coefficient (Wildman–Crippen LogP) is 2.91. The highest BCUT2D eigenvalue weighted by atomic mass is 16.5. The normalized spacial score (nSPS) is 10.2. The molecule has 0 aliphatic carbocycles. The Morgan fingerprint density at radius 2 is 1.88 bits per heavy atom. The number of nitrogens with zero attached hydrogens (tertiary/aromatic N) is 2. The van der Waals surface area contributed by atoms with Gasteiger partial charge in [-0.1, -0.05) is 18.2 Å². The molecule has 0 radical (unpaired) electrons. The van der Waals surface area contributed by atoms with Crippen molar-refractivity contribution in [2.24, 2.45) is 0 Å². The molecule has 1 N–H and O–H groups in total. The molecule has 0 saturated carbocycles. The van der Waals surface area contributed by atoms with E-state index in [2.05, 4.69) is 10.4 Å². The Kier molecular flexibility index (Phi) is 4.38. The van der Waals surface area contributed by atoms with Gasteiger partial charge in [-0.05, 0) is 36.4 Å². The van der Waals surface area contributed by atoms with E-state index in [0.29, 0.717) is 22.5 Å². The molecule has 1 amide bonds. The van der Waals surface area contributed by atoms with Gasteiger partial charge in [0.1, 0.15) is 0 Å². The van der Waals surface area contributed by atoms with Crippen LogP contribution in [0, 0.1) is 0 Å². The lowest BCUT2D eigenvalue weighted by Crippen LogP contribution is -2.16. The molecule has 3 rings (SSSR count). The Morgan fingerprint density at radius 1 is 1.08 bits per heavy atom. The molecule has 2 aromatic carbocycles. The van der Waals surface area contributed by atoms with Crippen LogP contribution in [-0.2, 0) is 4.74 Å². The minimum atomic E-state index is -0.504. The highest BCUT2D eigenvalue weighted by Crippen LogP contribution is 2.19. The lowest BCUT2D eigenvalue weighted by atomic mass is 10.1. The van der Waals surface area contributed by atoms with Crippen LogP contribution in [0.15, 0.2) is 67.0 Å². The van der Waals surface area contributed by atoms with E-state index < -0.39 is 5.97 Å². The van der Waals surface area contributed by atoms with Crippen LogP contribution in [0.25, 0.3) is 5.69 Å². The summed E-state index contributed by atoms with van der Waals surface area (Å²) in [5.41, 5.74) is 1.86. The van der Waals surface area contributed by atoms with Gasteiger partial charge in [-0.2, -0.15) is 5.10 Å². The number of methoxy groups -OCH3 is 1. The summed E-state index contributed by atoms with van der Waals surface area (Å²) in [5.74, 6) is -0.840. The monoisotopic (exact) mass is 321 g/mol. The molecule has 1 heterocycles. The summed E-state index contributed by atoms with van der Waals surface area (Å²) in [6.07, 6.45) is 3.35. The van der Waals surface area contributed by atoms with E-state index in [1.807, 2.05) is 18.2 Å². The maximum absolute atomic E-state index is 12.7. The standard InChI is InChI=1S/C18H15N3O3/c1-24-18(23)13-8-9-16(21-11-5-10-19-21)15(12-13)17(22)20-14-6-3-2-4-7-14/h2-12H,1H3,(H,20,22). The van der Waals surface area contributed by atoms with E-state index in [-0.39, 0.29) is 5.91 Å². The molecule has 6 nitrogen and oxygen atoms in total. The highest BCUT2D eigenvalue weighted by molar-refractivity contribution is 6.08. The van der Waals surface area contributed by atoms with E-state index in [0.717, 1.165) is 0 Å². The van der Waals surface area contributed by atoms with Gasteiger partial charge in [0.05, 0.1) is 23.9 Å². The van der Waals surface area contributed by atoms with E-state index >= 15 is 0 Å². The molecule has 0 unspecified atom stereocenters. The van der Waals surface area contributed by atoms with Crippen molar-refractivity contribution >= 4 is 17.6 Å². The molecule has 0 aliphatic heterocycles. The van der Waals surface area contributed by atoms with Gasteiger partial charge in [0.25, 0.3) is 5.91 Å². The average molecular weight is 321 g/mol. The SMILES string of the molecule is COC(=O)c1ccc(-n2cccn2)c(C(=O)Nc2ccccc2)c1. The highest BCUT2D eigenvalue weighted by Gasteiger charge is 2.17. The number of hydrogen-bond acceptors (Lipinski definition) is 4. The summed E-state index contributed by atoms with van der Waals surface area (Å²) in [6.45, 7) is 0. The van der Waals surface area contributed by atoms with Crippen LogP contribution in [0.3, 0.4) is 0 Å². The number of rotatable bonds is 4. The molecule has 0 fully saturated rings. The molecule has 120 valence electrons. The van der Waals surface area contributed by atoms with Crippen molar-refractivity contribution in [1.29, 1.82) is 0 Å². The Bertz CT molecular complexity index is 858. The number of hydrogen-bond donors (Lipinski definition) is 1. The second-order valence-corrected chi connectivity index (χ2v) is 4.99.